The average molecular weight is 377 g/mol. The molecule has 2 aromatic rings. The second-order valence-electron chi connectivity index (χ2n) is 6.28. The zero-order valence-corrected chi connectivity index (χ0v) is 15.0. The highest BCUT2D eigenvalue weighted by Gasteiger charge is 2.33. The second-order valence-corrected chi connectivity index (χ2v) is 7.12. The number of benzene rings is 1. The third-order valence-electron chi connectivity index (χ3n) is 4.22. The van der Waals surface area contributed by atoms with Crippen LogP contribution in [0.25, 0.3) is 0 Å². The summed E-state index contributed by atoms with van der Waals surface area (Å²) < 4.78 is 0. The molecule has 1 amide bonds. The summed E-state index contributed by atoms with van der Waals surface area (Å²) in [6.07, 6.45) is 2.57. The van der Waals surface area contributed by atoms with Crippen LogP contribution in [0.4, 0.5) is 0 Å². The van der Waals surface area contributed by atoms with Crippen molar-refractivity contribution < 1.29 is 9.90 Å². The van der Waals surface area contributed by atoms with Gasteiger partial charge >= 0.3 is 0 Å². The van der Waals surface area contributed by atoms with E-state index in [-0.39, 0.29) is 11.9 Å². The van der Waals surface area contributed by atoms with E-state index in [1.807, 2.05) is 12.1 Å². The Morgan fingerprint density at radius 2 is 2.16 bits per heavy atom. The summed E-state index contributed by atoms with van der Waals surface area (Å²) in [5.74, 6) is 5.71. The maximum atomic E-state index is 12.2. The number of carbonyl (C=O) groups excluding carboxylic acids is 1. The maximum Gasteiger partial charge on any atom is 0.267 e. The Bertz CT molecular complexity index is 837. The molecule has 0 saturated heterocycles. The topological polar surface area (TPSA) is 65.1 Å². The predicted molar refractivity (Wildman–Crippen MR) is 98.8 cm³/mol. The molecule has 0 unspecified atom stereocenters. The van der Waals surface area contributed by atoms with E-state index in [1.165, 1.54) is 0 Å². The number of rotatable bonds is 2. The van der Waals surface area contributed by atoms with Crippen LogP contribution in [0, 0.1) is 11.8 Å². The highest BCUT2D eigenvalue weighted by molar-refractivity contribution is 6.30. The normalized spacial score (nSPS) is 22.8. The van der Waals surface area contributed by atoms with Crippen molar-refractivity contribution in [2.24, 2.45) is 0 Å². The van der Waals surface area contributed by atoms with E-state index in [0.29, 0.717) is 28.7 Å². The molecule has 0 bridgehead atoms. The summed E-state index contributed by atoms with van der Waals surface area (Å²) >= 11 is 11.8. The van der Waals surface area contributed by atoms with Gasteiger partial charge in [0.25, 0.3) is 5.91 Å². The van der Waals surface area contributed by atoms with Crippen LogP contribution in [0.5, 0.6) is 0 Å². The molecule has 0 aliphatic heterocycles. The average Bonchev–Trinajstić information content (AvgIpc) is 3.00. The van der Waals surface area contributed by atoms with Gasteiger partial charge in [0.1, 0.15) is 16.4 Å². The Labute approximate surface area is 156 Å². The van der Waals surface area contributed by atoms with E-state index in [1.54, 1.807) is 24.3 Å². The number of nitrogens with one attached hydrogen (secondary N) is 2. The van der Waals surface area contributed by atoms with Crippen molar-refractivity contribution in [2.45, 2.75) is 37.3 Å². The lowest BCUT2D eigenvalue weighted by Gasteiger charge is -2.33. The number of halogens is 2. The summed E-state index contributed by atoms with van der Waals surface area (Å²) in [7, 11) is 0. The Morgan fingerprint density at radius 3 is 2.88 bits per heavy atom. The molecule has 1 aromatic carbocycles. The minimum absolute atomic E-state index is 0.137. The van der Waals surface area contributed by atoms with Crippen molar-refractivity contribution in [3.8, 4) is 11.8 Å². The maximum absolute atomic E-state index is 12.2. The van der Waals surface area contributed by atoms with Crippen molar-refractivity contribution in [1.29, 1.82) is 0 Å². The van der Waals surface area contributed by atoms with Gasteiger partial charge in [-0.15, -0.1) is 0 Å². The van der Waals surface area contributed by atoms with Crippen LogP contribution in [0.3, 0.4) is 0 Å². The summed E-state index contributed by atoms with van der Waals surface area (Å²) in [6.45, 7) is 0. The molecule has 1 aliphatic carbocycles. The fourth-order valence-corrected chi connectivity index (χ4v) is 3.36. The van der Waals surface area contributed by atoms with Gasteiger partial charge in [-0.05, 0) is 49.6 Å². The fraction of sp³-hybridized carbons (Fsp3) is 0.316. The number of H-pyrrole nitrogens is 1. The van der Waals surface area contributed by atoms with Crippen LogP contribution in [-0.2, 0) is 0 Å². The van der Waals surface area contributed by atoms with Gasteiger partial charge in [0.15, 0.2) is 0 Å². The lowest BCUT2D eigenvalue weighted by molar-refractivity contribution is 0.0451. The molecule has 1 saturated carbocycles. The molecule has 130 valence electrons. The molecule has 2 atom stereocenters. The molecule has 1 fully saturated rings. The van der Waals surface area contributed by atoms with Crippen LogP contribution < -0.4 is 5.32 Å². The molecule has 3 rings (SSSR count). The zero-order chi connectivity index (χ0) is 17.9. The first-order valence-corrected chi connectivity index (χ1v) is 8.86. The standard InChI is InChI=1S/C19H18Cl2N2O2/c20-14-4-1-3-13(11-14)8-10-19(25)9-2-5-15(12-19)22-18(24)16-6-7-17(21)23-16/h1,3-4,6-7,11,15,23,25H,2,5,9,12H2,(H,22,24)/t15-,19+/m1/s1. The Hall–Kier alpha value is -1.93. The van der Waals surface area contributed by atoms with Gasteiger partial charge in [-0.1, -0.05) is 41.1 Å². The summed E-state index contributed by atoms with van der Waals surface area (Å²) in [6, 6.07) is 10.3. The molecular formula is C19H18Cl2N2O2. The molecule has 0 spiro atoms. The number of hydrogen-bond acceptors (Lipinski definition) is 2. The number of aliphatic hydroxyl groups is 1. The van der Waals surface area contributed by atoms with Gasteiger partial charge in [0, 0.05) is 23.0 Å². The summed E-state index contributed by atoms with van der Waals surface area (Å²) in [5.41, 5.74) is 0.0450. The summed E-state index contributed by atoms with van der Waals surface area (Å²) in [4.78, 5) is 15.0. The molecule has 6 heteroatoms. The monoisotopic (exact) mass is 376 g/mol. The molecular weight excluding hydrogens is 359 g/mol. The van der Waals surface area contributed by atoms with E-state index in [4.69, 9.17) is 23.2 Å². The third kappa shape index (κ3) is 4.79. The minimum atomic E-state index is -1.12. The first kappa shape index (κ1) is 17.9. The SMILES string of the molecule is O=C(N[C@@H]1CCC[C@](O)(C#Cc2cccc(Cl)c2)C1)c1ccc(Cl)[nH]1. The lowest BCUT2D eigenvalue weighted by Crippen LogP contribution is -2.45. The molecule has 0 radical (unpaired) electrons. The van der Waals surface area contributed by atoms with E-state index in [2.05, 4.69) is 22.1 Å². The van der Waals surface area contributed by atoms with Crippen LogP contribution in [-0.4, -0.2) is 27.6 Å². The number of carbonyl (C=O) groups is 1. The Balaban J connectivity index is 1.67. The lowest BCUT2D eigenvalue weighted by atomic mass is 9.82. The van der Waals surface area contributed by atoms with Crippen molar-refractivity contribution in [3.63, 3.8) is 0 Å². The van der Waals surface area contributed by atoms with Gasteiger partial charge in [-0.25, -0.2) is 0 Å². The quantitative estimate of drug-likeness (QED) is 0.698. The molecule has 1 aromatic heterocycles. The third-order valence-corrected chi connectivity index (χ3v) is 4.68. The van der Waals surface area contributed by atoms with Gasteiger partial charge in [-0.2, -0.15) is 0 Å². The van der Waals surface area contributed by atoms with Gasteiger partial charge in [0.2, 0.25) is 0 Å². The van der Waals surface area contributed by atoms with Gasteiger partial charge in [0.05, 0.1) is 0 Å². The first-order chi connectivity index (χ1) is 11.9. The second kappa shape index (κ2) is 7.53. The number of hydrogen-bond donors (Lipinski definition) is 3. The van der Waals surface area contributed by atoms with Crippen LogP contribution >= 0.6 is 23.2 Å². The van der Waals surface area contributed by atoms with E-state index in [9.17, 15) is 9.90 Å². The number of aromatic amines is 1. The van der Waals surface area contributed by atoms with Crippen molar-refractivity contribution >= 4 is 29.1 Å². The van der Waals surface area contributed by atoms with E-state index < -0.39 is 5.60 Å². The molecule has 4 nitrogen and oxygen atoms in total. The van der Waals surface area contributed by atoms with E-state index >= 15 is 0 Å². The molecule has 3 N–H and O–H groups in total. The Kier molecular flexibility index (Phi) is 5.39. The highest BCUT2D eigenvalue weighted by Crippen LogP contribution is 2.28. The number of aromatic nitrogens is 1. The minimum Gasteiger partial charge on any atom is -0.378 e. The Morgan fingerprint density at radius 1 is 1.32 bits per heavy atom. The fourth-order valence-electron chi connectivity index (χ4n) is 3.01. The van der Waals surface area contributed by atoms with Crippen LogP contribution in [0.2, 0.25) is 10.2 Å². The van der Waals surface area contributed by atoms with Crippen molar-refractivity contribution in [1.82, 2.24) is 10.3 Å². The van der Waals surface area contributed by atoms with Gasteiger partial charge in [-0.3, -0.25) is 4.79 Å². The predicted octanol–water partition coefficient (Wildman–Crippen LogP) is 3.78. The number of amides is 1. The van der Waals surface area contributed by atoms with Crippen LogP contribution in [0.15, 0.2) is 36.4 Å². The first-order valence-electron chi connectivity index (χ1n) is 8.10. The van der Waals surface area contributed by atoms with Crippen molar-refractivity contribution in [3.05, 3.63) is 57.8 Å². The smallest absolute Gasteiger partial charge is 0.267 e. The zero-order valence-electron chi connectivity index (χ0n) is 13.5. The van der Waals surface area contributed by atoms with E-state index in [0.717, 1.165) is 18.4 Å². The van der Waals surface area contributed by atoms with Crippen molar-refractivity contribution in [2.75, 3.05) is 0 Å². The molecule has 1 heterocycles. The van der Waals surface area contributed by atoms with Crippen LogP contribution in [0.1, 0.15) is 41.7 Å². The largest absolute Gasteiger partial charge is 0.378 e. The van der Waals surface area contributed by atoms with Gasteiger partial charge < -0.3 is 15.4 Å². The molecule has 1 aliphatic rings. The highest BCUT2D eigenvalue weighted by atomic mass is 35.5. The molecule has 25 heavy (non-hydrogen) atoms. The summed E-state index contributed by atoms with van der Waals surface area (Å²) in [5, 5.41) is 14.7.